The summed E-state index contributed by atoms with van der Waals surface area (Å²) in [5, 5.41) is 1.04. The van der Waals surface area contributed by atoms with Crippen LogP contribution in [0.2, 0.25) is 10.0 Å². The molecule has 0 saturated heterocycles. The molecule has 0 aliphatic rings. The summed E-state index contributed by atoms with van der Waals surface area (Å²) in [6, 6.07) is 6.30. The van der Waals surface area contributed by atoms with Crippen LogP contribution in [0.15, 0.2) is 36.5 Å². The maximum atomic E-state index is 14.3. The molecule has 1 aromatic heterocycles. The second kappa shape index (κ2) is 5.97. The second-order valence-corrected chi connectivity index (χ2v) is 6.28. The van der Waals surface area contributed by atoms with E-state index < -0.39 is 17.6 Å². The Morgan fingerprint density at radius 2 is 1.79 bits per heavy atom. The van der Waals surface area contributed by atoms with Gasteiger partial charge >= 0.3 is 6.18 Å². The van der Waals surface area contributed by atoms with E-state index in [1.807, 2.05) is 6.92 Å². The average molecular weight is 376 g/mol. The predicted octanol–water partition coefficient (Wildman–Crippen LogP) is 6.46. The van der Waals surface area contributed by atoms with Crippen LogP contribution in [0.3, 0.4) is 0 Å². The summed E-state index contributed by atoms with van der Waals surface area (Å²) < 4.78 is 54.1. The van der Waals surface area contributed by atoms with Gasteiger partial charge in [-0.2, -0.15) is 13.2 Å². The fraction of sp³-hybridized carbons (Fsp3) is 0.176. The molecule has 0 fully saturated rings. The van der Waals surface area contributed by atoms with Crippen LogP contribution in [-0.2, 0) is 12.7 Å². The van der Waals surface area contributed by atoms with Gasteiger partial charge in [-0.05, 0) is 36.8 Å². The predicted molar refractivity (Wildman–Crippen MR) is 87.2 cm³/mol. The smallest absolute Gasteiger partial charge is 0.341 e. The van der Waals surface area contributed by atoms with Crippen molar-refractivity contribution in [3.05, 3.63) is 69.1 Å². The quantitative estimate of drug-likeness (QED) is 0.452. The Labute approximate surface area is 145 Å². The van der Waals surface area contributed by atoms with E-state index in [-0.39, 0.29) is 17.4 Å². The fourth-order valence-electron chi connectivity index (χ4n) is 2.62. The largest absolute Gasteiger partial charge is 0.416 e. The van der Waals surface area contributed by atoms with Gasteiger partial charge in [-0.1, -0.05) is 29.3 Å². The zero-order chi connectivity index (χ0) is 17.6. The van der Waals surface area contributed by atoms with Crippen LogP contribution in [0.1, 0.15) is 16.7 Å². The third-order valence-corrected chi connectivity index (χ3v) is 4.73. The number of alkyl halides is 3. The number of rotatable bonds is 2. The third kappa shape index (κ3) is 2.98. The average Bonchev–Trinajstić information content (AvgIpc) is 2.90. The first-order valence-corrected chi connectivity index (χ1v) is 7.73. The highest BCUT2D eigenvalue weighted by molar-refractivity contribution is 6.36. The molecule has 0 unspecified atom stereocenters. The Hall–Kier alpha value is -1.72. The van der Waals surface area contributed by atoms with E-state index in [9.17, 15) is 17.6 Å². The molecule has 0 N–H and O–H groups in total. The molecule has 0 radical (unpaired) electrons. The van der Waals surface area contributed by atoms with E-state index in [2.05, 4.69) is 0 Å². The highest BCUT2D eigenvalue weighted by Gasteiger charge is 2.32. The zero-order valence-electron chi connectivity index (χ0n) is 12.4. The SMILES string of the molecule is Cc1ccc(Cl)c(Cn2ccc3cc(C(F)(F)F)cc(F)c32)c1Cl. The van der Waals surface area contributed by atoms with Crippen LogP contribution >= 0.6 is 23.2 Å². The summed E-state index contributed by atoms with van der Waals surface area (Å²) in [6.07, 6.45) is -3.08. The normalized spacial score (nSPS) is 12.1. The van der Waals surface area contributed by atoms with Crippen molar-refractivity contribution in [3.63, 3.8) is 0 Å². The lowest BCUT2D eigenvalue weighted by atomic mass is 10.1. The van der Waals surface area contributed by atoms with Gasteiger partial charge in [0.05, 0.1) is 17.6 Å². The monoisotopic (exact) mass is 375 g/mol. The first-order chi connectivity index (χ1) is 11.2. The van der Waals surface area contributed by atoms with Gasteiger partial charge in [0.15, 0.2) is 0 Å². The van der Waals surface area contributed by atoms with Gasteiger partial charge in [0.1, 0.15) is 5.82 Å². The lowest BCUT2D eigenvalue weighted by Crippen LogP contribution is -2.06. The zero-order valence-corrected chi connectivity index (χ0v) is 13.9. The van der Waals surface area contributed by atoms with Gasteiger partial charge in [-0.15, -0.1) is 0 Å². The van der Waals surface area contributed by atoms with Crippen LogP contribution in [0.25, 0.3) is 10.9 Å². The summed E-state index contributed by atoms with van der Waals surface area (Å²) in [6.45, 7) is 1.97. The molecule has 126 valence electrons. The summed E-state index contributed by atoms with van der Waals surface area (Å²) in [5.41, 5.74) is 0.469. The molecule has 2 aromatic carbocycles. The second-order valence-electron chi connectivity index (χ2n) is 5.49. The van der Waals surface area contributed by atoms with Gasteiger partial charge in [0.25, 0.3) is 0 Å². The number of fused-ring (bicyclic) bond motifs is 1. The molecule has 0 atom stereocenters. The molecule has 0 aliphatic carbocycles. The van der Waals surface area contributed by atoms with Crippen LogP contribution in [0, 0.1) is 12.7 Å². The van der Waals surface area contributed by atoms with Gasteiger partial charge < -0.3 is 4.57 Å². The summed E-state index contributed by atoms with van der Waals surface area (Å²) in [4.78, 5) is 0. The van der Waals surface area contributed by atoms with E-state index in [0.717, 1.165) is 11.6 Å². The molecule has 0 spiro atoms. The van der Waals surface area contributed by atoms with Crippen molar-refractivity contribution in [2.75, 3.05) is 0 Å². The number of aromatic nitrogens is 1. The van der Waals surface area contributed by atoms with Crippen molar-refractivity contribution in [1.82, 2.24) is 4.57 Å². The van der Waals surface area contributed by atoms with Crippen LogP contribution < -0.4 is 0 Å². The van der Waals surface area contributed by atoms with Crippen molar-refractivity contribution in [1.29, 1.82) is 0 Å². The molecule has 1 heterocycles. The van der Waals surface area contributed by atoms with Crippen molar-refractivity contribution >= 4 is 34.1 Å². The number of benzene rings is 2. The van der Waals surface area contributed by atoms with Gasteiger partial charge in [0.2, 0.25) is 0 Å². The lowest BCUT2D eigenvalue weighted by molar-refractivity contribution is -0.137. The van der Waals surface area contributed by atoms with Crippen molar-refractivity contribution < 1.29 is 17.6 Å². The molecule has 0 bridgehead atoms. The Balaban J connectivity index is 2.11. The van der Waals surface area contributed by atoms with Crippen LogP contribution in [0.4, 0.5) is 17.6 Å². The Morgan fingerprint density at radius 1 is 1.08 bits per heavy atom. The molecule has 7 heteroatoms. The Morgan fingerprint density at radius 3 is 2.46 bits per heavy atom. The van der Waals surface area contributed by atoms with Crippen LogP contribution in [-0.4, -0.2) is 4.57 Å². The first-order valence-electron chi connectivity index (χ1n) is 6.97. The van der Waals surface area contributed by atoms with Crippen LogP contribution in [0.5, 0.6) is 0 Å². The maximum absolute atomic E-state index is 14.3. The minimum Gasteiger partial charge on any atom is -0.341 e. The summed E-state index contributed by atoms with van der Waals surface area (Å²) in [5.74, 6) is -0.940. The van der Waals surface area contributed by atoms with Crippen molar-refractivity contribution in [2.45, 2.75) is 19.6 Å². The topological polar surface area (TPSA) is 4.93 Å². The highest BCUT2D eigenvalue weighted by Crippen LogP contribution is 2.34. The maximum Gasteiger partial charge on any atom is 0.416 e. The molecule has 0 amide bonds. The molecule has 1 nitrogen and oxygen atoms in total. The molecular weight excluding hydrogens is 365 g/mol. The molecule has 3 rings (SSSR count). The number of aryl methyl sites for hydroxylation is 1. The number of hydrogen-bond donors (Lipinski definition) is 0. The fourth-order valence-corrected chi connectivity index (χ4v) is 3.11. The third-order valence-electron chi connectivity index (χ3n) is 3.85. The summed E-state index contributed by atoms with van der Waals surface area (Å²) in [7, 11) is 0. The van der Waals surface area contributed by atoms with E-state index >= 15 is 0 Å². The Bertz CT molecular complexity index is 928. The minimum absolute atomic E-state index is 0.0802. The van der Waals surface area contributed by atoms with E-state index in [1.54, 1.807) is 12.1 Å². The van der Waals surface area contributed by atoms with Crippen molar-refractivity contribution in [3.8, 4) is 0 Å². The first kappa shape index (κ1) is 17.1. The molecular formula is C17H11Cl2F4N. The standard InChI is InChI=1S/C17H11Cl2F4N/c1-9-2-3-13(18)12(15(9)19)8-24-5-4-10-6-11(17(21,22)23)7-14(20)16(10)24/h2-7H,8H2,1H3. The van der Waals surface area contributed by atoms with Crippen molar-refractivity contribution in [2.24, 2.45) is 0 Å². The molecule has 0 saturated carbocycles. The highest BCUT2D eigenvalue weighted by atomic mass is 35.5. The molecule has 24 heavy (non-hydrogen) atoms. The van der Waals surface area contributed by atoms with E-state index in [4.69, 9.17) is 23.2 Å². The summed E-state index contributed by atoms with van der Waals surface area (Å²) >= 11 is 12.4. The minimum atomic E-state index is -4.60. The van der Waals surface area contributed by atoms with Gasteiger partial charge in [-0.25, -0.2) is 4.39 Å². The van der Waals surface area contributed by atoms with Gasteiger partial charge in [0, 0.05) is 27.2 Å². The lowest BCUT2D eigenvalue weighted by Gasteiger charge is -2.13. The number of nitrogens with zero attached hydrogens (tertiary/aromatic N) is 1. The molecule has 0 aliphatic heterocycles. The number of halogens is 6. The van der Waals surface area contributed by atoms with Gasteiger partial charge in [-0.3, -0.25) is 0 Å². The van der Waals surface area contributed by atoms with E-state index in [0.29, 0.717) is 21.7 Å². The Kier molecular flexibility index (Phi) is 4.26. The van der Waals surface area contributed by atoms with E-state index in [1.165, 1.54) is 16.8 Å². The number of hydrogen-bond acceptors (Lipinski definition) is 0. The molecule has 3 aromatic rings.